The zero-order chi connectivity index (χ0) is 12.7. The number of aromatic nitrogens is 1. The Morgan fingerprint density at radius 2 is 2.44 bits per heavy atom. The van der Waals surface area contributed by atoms with Gasteiger partial charge in [0.15, 0.2) is 0 Å². The van der Waals surface area contributed by atoms with Crippen LogP contribution in [0.15, 0.2) is 5.38 Å². The molecule has 1 amide bonds. The minimum atomic E-state index is 0.188. The van der Waals surface area contributed by atoms with E-state index in [0.29, 0.717) is 18.6 Å². The lowest BCUT2D eigenvalue weighted by molar-refractivity contribution is -0.135. The van der Waals surface area contributed by atoms with Crippen LogP contribution in [0.4, 0.5) is 0 Å². The highest BCUT2D eigenvalue weighted by Gasteiger charge is 2.43. The highest BCUT2D eigenvalue weighted by atomic mass is 32.1. The van der Waals surface area contributed by atoms with Crippen molar-refractivity contribution in [3.05, 3.63) is 16.1 Å². The van der Waals surface area contributed by atoms with E-state index in [-0.39, 0.29) is 11.8 Å². The number of amides is 1. The summed E-state index contributed by atoms with van der Waals surface area (Å²) >= 11 is 1.64. The van der Waals surface area contributed by atoms with Gasteiger partial charge in [0.1, 0.15) is 0 Å². The fourth-order valence-electron chi connectivity index (χ4n) is 3.18. The Morgan fingerprint density at radius 1 is 1.61 bits per heavy atom. The first-order chi connectivity index (χ1) is 8.63. The zero-order valence-corrected chi connectivity index (χ0v) is 11.7. The number of rotatable bonds is 3. The highest BCUT2D eigenvalue weighted by Crippen LogP contribution is 2.34. The molecular weight excluding hydrogens is 246 g/mol. The van der Waals surface area contributed by atoms with Gasteiger partial charge in [0, 0.05) is 24.5 Å². The van der Waals surface area contributed by atoms with Gasteiger partial charge in [-0.2, -0.15) is 0 Å². The molecule has 2 aliphatic heterocycles. The number of thiazole rings is 1. The second-order valence-electron chi connectivity index (χ2n) is 5.44. The van der Waals surface area contributed by atoms with Crippen molar-refractivity contribution in [1.82, 2.24) is 15.2 Å². The summed E-state index contributed by atoms with van der Waals surface area (Å²) in [5.41, 5.74) is 1.00. The molecule has 4 nitrogen and oxygen atoms in total. The van der Waals surface area contributed by atoms with E-state index in [1.807, 2.05) is 24.3 Å². The summed E-state index contributed by atoms with van der Waals surface area (Å²) in [6.45, 7) is 2.63. The van der Waals surface area contributed by atoms with Crippen LogP contribution in [-0.4, -0.2) is 34.9 Å². The van der Waals surface area contributed by atoms with Gasteiger partial charge in [-0.25, -0.2) is 4.98 Å². The fraction of sp³-hybridized carbons (Fsp3) is 0.692. The quantitative estimate of drug-likeness (QED) is 0.902. The molecule has 3 rings (SSSR count). The molecule has 3 atom stereocenters. The van der Waals surface area contributed by atoms with Gasteiger partial charge < -0.3 is 10.2 Å². The van der Waals surface area contributed by atoms with Gasteiger partial charge in [-0.05, 0) is 26.2 Å². The van der Waals surface area contributed by atoms with Crippen molar-refractivity contribution in [3.63, 3.8) is 0 Å². The molecule has 0 aromatic carbocycles. The van der Waals surface area contributed by atoms with Crippen LogP contribution >= 0.6 is 11.3 Å². The van der Waals surface area contributed by atoms with Crippen molar-refractivity contribution >= 4 is 17.2 Å². The molecule has 3 unspecified atom stereocenters. The number of carbonyl (C=O) groups is 1. The summed E-state index contributed by atoms with van der Waals surface area (Å²) in [4.78, 5) is 18.7. The highest BCUT2D eigenvalue weighted by molar-refractivity contribution is 7.09. The topological polar surface area (TPSA) is 45.2 Å². The first kappa shape index (κ1) is 12.1. The predicted molar refractivity (Wildman–Crippen MR) is 71.4 cm³/mol. The third-order valence-corrected chi connectivity index (χ3v) is 4.88. The van der Waals surface area contributed by atoms with Crippen molar-refractivity contribution in [1.29, 1.82) is 0 Å². The maximum absolute atomic E-state index is 12.4. The van der Waals surface area contributed by atoms with Crippen LogP contribution < -0.4 is 5.32 Å². The number of hydrogen-bond donors (Lipinski definition) is 1. The molecule has 2 saturated heterocycles. The van der Waals surface area contributed by atoms with Gasteiger partial charge in [-0.15, -0.1) is 11.3 Å². The maximum Gasteiger partial charge on any atom is 0.227 e. The molecule has 2 bridgehead atoms. The van der Waals surface area contributed by atoms with Crippen LogP contribution in [0.25, 0.3) is 0 Å². The normalized spacial score (nSPS) is 29.8. The summed E-state index contributed by atoms with van der Waals surface area (Å²) in [6.07, 6.45) is 3.41. The Bertz CT molecular complexity index is 459. The molecule has 0 saturated carbocycles. The number of aryl methyl sites for hydroxylation is 1. The minimum Gasteiger partial charge on any atom is -0.340 e. The van der Waals surface area contributed by atoms with Gasteiger partial charge in [-0.1, -0.05) is 0 Å². The Hall–Kier alpha value is -0.940. The van der Waals surface area contributed by atoms with Gasteiger partial charge in [0.05, 0.1) is 23.2 Å². The van der Waals surface area contributed by atoms with E-state index < -0.39 is 0 Å². The lowest BCUT2D eigenvalue weighted by Gasteiger charge is -2.25. The number of nitrogens with zero attached hydrogens (tertiary/aromatic N) is 2. The summed E-state index contributed by atoms with van der Waals surface area (Å²) in [5, 5.41) is 6.62. The van der Waals surface area contributed by atoms with E-state index in [1.165, 1.54) is 6.42 Å². The Balaban J connectivity index is 1.62. The van der Waals surface area contributed by atoms with E-state index in [2.05, 4.69) is 10.3 Å². The number of fused-ring (bicyclic) bond motifs is 2. The van der Waals surface area contributed by atoms with Crippen LogP contribution in [0.5, 0.6) is 0 Å². The van der Waals surface area contributed by atoms with Gasteiger partial charge in [0.25, 0.3) is 0 Å². The SMILES string of the molecule is Cc1nc(CN(C)C(=O)C2CC3CCC2N3)cs1. The first-order valence-electron chi connectivity index (χ1n) is 6.55. The summed E-state index contributed by atoms with van der Waals surface area (Å²) < 4.78 is 0. The van der Waals surface area contributed by atoms with Crippen LogP contribution in [0.1, 0.15) is 30.0 Å². The van der Waals surface area contributed by atoms with Crippen molar-refractivity contribution < 1.29 is 4.79 Å². The predicted octanol–water partition coefficient (Wildman–Crippen LogP) is 1.55. The smallest absolute Gasteiger partial charge is 0.227 e. The number of carbonyl (C=O) groups excluding carboxylic acids is 1. The minimum absolute atomic E-state index is 0.188. The van der Waals surface area contributed by atoms with E-state index in [9.17, 15) is 4.79 Å². The molecule has 5 heteroatoms. The lowest BCUT2D eigenvalue weighted by Crippen LogP contribution is -2.38. The van der Waals surface area contributed by atoms with E-state index in [1.54, 1.807) is 11.3 Å². The van der Waals surface area contributed by atoms with Crippen molar-refractivity contribution in [3.8, 4) is 0 Å². The van der Waals surface area contributed by atoms with Crippen LogP contribution in [0.3, 0.4) is 0 Å². The Kier molecular flexibility index (Phi) is 3.11. The number of hydrogen-bond acceptors (Lipinski definition) is 4. The van der Waals surface area contributed by atoms with E-state index in [0.717, 1.165) is 23.5 Å². The van der Waals surface area contributed by atoms with Crippen LogP contribution in [-0.2, 0) is 11.3 Å². The first-order valence-corrected chi connectivity index (χ1v) is 7.43. The van der Waals surface area contributed by atoms with Crippen molar-refractivity contribution in [2.75, 3.05) is 7.05 Å². The molecule has 3 heterocycles. The summed E-state index contributed by atoms with van der Waals surface area (Å²) in [6, 6.07) is 1.00. The molecule has 0 aliphatic carbocycles. The Labute approximate surface area is 111 Å². The van der Waals surface area contributed by atoms with E-state index in [4.69, 9.17) is 0 Å². The Morgan fingerprint density at radius 3 is 3.00 bits per heavy atom. The number of nitrogens with one attached hydrogen (secondary N) is 1. The van der Waals surface area contributed by atoms with Gasteiger partial charge in [-0.3, -0.25) is 4.79 Å². The molecular formula is C13H19N3OS. The summed E-state index contributed by atoms with van der Waals surface area (Å²) in [5.74, 6) is 0.467. The molecule has 0 spiro atoms. The average molecular weight is 265 g/mol. The third kappa shape index (κ3) is 2.17. The molecule has 18 heavy (non-hydrogen) atoms. The zero-order valence-electron chi connectivity index (χ0n) is 10.8. The summed E-state index contributed by atoms with van der Waals surface area (Å²) in [7, 11) is 1.89. The van der Waals surface area contributed by atoms with Crippen molar-refractivity contribution in [2.45, 2.75) is 44.8 Å². The van der Waals surface area contributed by atoms with Crippen LogP contribution in [0.2, 0.25) is 0 Å². The average Bonchev–Trinajstić information content (AvgIpc) is 3.04. The van der Waals surface area contributed by atoms with E-state index >= 15 is 0 Å². The lowest BCUT2D eigenvalue weighted by atomic mass is 9.88. The molecule has 1 aromatic heterocycles. The molecule has 0 radical (unpaired) electrons. The standard InChI is InChI=1S/C13H19N3OS/c1-8-14-10(7-18-8)6-16(2)13(17)11-5-9-3-4-12(11)15-9/h7,9,11-12,15H,3-6H2,1-2H3. The fourth-order valence-corrected chi connectivity index (χ4v) is 3.79. The third-order valence-electron chi connectivity index (χ3n) is 4.06. The molecule has 2 aliphatic rings. The molecule has 1 aromatic rings. The second kappa shape index (κ2) is 4.63. The molecule has 2 fully saturated rings. The van der Waals surface area contributed by atoms with Gasteiger partial charge >= 0.3 is 0 Å². The largest absolute Gasteiger partial charge is 0.340 e. The van der Waals surface area contributed by atoms with Gasteiger partial charge in [0.2, 0.25) is 5.91 Å². The molecule has 98 valence electrons. The second-order valence-corrected chi connectivity index (χ2v) is 6.50. The van der Waals surface area contributed by atoms with Crippen molar-refractivity contribution in [2.24, 2.45) is 5.92 Å². The molecule has 1 N–H and O–H groups in total. The monoisotopic (exact) mass is 265 g/mol. The van der Waals surface area contributed by atoms with Crippen LogP contribution in [0, 0.1) is 12.8 Å². The maximum atomic E-state index is 12.4.